The molecule has 0 unspecified atom stereocenters. The van der Waals surface area contributed by atoms with Crippen LogP contribution in [0.2, 0.25) is 0 Å². The molecule has 1 aromatic carbocycles. The zero-order valence-corrected chi connectivity index (χ0v) is 16.5. The third-order valence-electron chi connectivity index (χ3n) is 4.33. The molecular weight excluding hydrogens is 327 g/mol. The van der Waals surface area contributed by atoms with Gasteiger partial charge in [-0.1, -0.05) is 46.2 Å². The predicted octanol–water partition coefficient (Wildman–Crippen LogP) is 5.24. The van der Waals surface area contributed by atoms with E-state index in [1.165, 1.54) is 6.07 Å². The van der Waals surface area contributed by atoms with Crippen LogP contribution in [-0.4, -0.2) is 21.9 Å². The molecule has 0 aliphatic carbocycles. The predicted molar refractivity (Wildman–Crippen MR) is 104 cm³/mol. The minimum Gasteiger partial charge on any atom is -0.345 e. The highest BCUT2D eigenvalue weighted by atomic mass is 19.1. The second-order valence-electron chi connectivity index (χ2n) is 8.16. The zero-order chi connectivity index (χ0) is 19.2. The van der Waals surface area contributed by atoms with Gasteiger partial charge in [0, 0.05) is 31.4 Å². The summed E-state index contributed by atoms with van der Waals surface area (Å²) in [5.74, 6) is -0.0226. The zero-order valence-electron chi connectivity index (χ0n) is 16.5. The van der Waals surface area contributed by atoms with Crippen molar-refractivity contribution in [2.24, 2.45) is 5.41 Å². The molecule has 2 rings (SSSR count). The van der Waals surface area contributed by atoms with Gasteiger partial charge >= 0.3 is 0 Å². The van der Waals surface area contributed by atoms with Crippen molar-refractivity contribution < 1.29 is 9.18 Å². The summed E-state index contributed by atoms with van der Waals surface area (Å²) in [6, 6.07) is 10.7. The fraction of sp³-hybridized carbons (Fsp3) is 0.500. The molecule has 0 aliphatic heterocycles. The Labute approximate surface area is 156 Å². The number of aromatic nitrogens is 1. The Morgan fingerprint density at radius 2 is 1.96 bits per heavy atom. The quantitative estimate of drug-likeness (QED) is 0.633. The Kier molecular flexibility index (Phi) is 7.01. The molecule has 0 radical (unpaired) electrons. The van der Waals surface area contributed by atoms with E-state index in [1.54, 1.807) is 12.1 Å². The van der Waals surface area contributed by atoms with Crippen molar-refractivity contribution in [2.75, 3.05) is 6.54 Å². The van der Waals surface area contributed by atoms with Crippen LogP contribution in [0.15, 0.2) is 42.6 Å². The van der Waals surface area contributed by atoms with Crippen molar-refractivity contribution in [2.45, 2.75) is 60.0 Å². The van der Waals surface area contributed by atoms with Crippen molar-refractivity contribution in [3.05, 3.63) is 59.7 Å². The van der Waals surface area contributed by atoms with E-state index in [1.807, 2.05) is 29.3 Å². The second-order valence-corrected chi connectivity index (χ2v) is 8.16. The Morgan fingerprint density at radius 1 is 1.19 bits per heavy atom. The molecule has 3 nitrogen and oxygen atoms in total. The summed E-state index contributed by atoms with van der Waals surface area (Å²) in [6.45, 7) is 10.4. The molecule has 1 aromatic heterocycles. The summed E-state index contributed by atoms with van der Waals surface area (Å²) in [4.78, 5) is 14.7. The van der Waals surface area contributed by atoms with Gasteiger partial charge in [-0.05, 0) is 41.7 Å². The van der Waals surface area contributed by atoms with E-state index in [0.29, 0.717) is 19.5 Å². The Balaban J connectivity index is 2.13. The summed E-state index contributed by atoms with van der Waals surface area (Å²) < 4.78 is 15.5. The van der Waals surface area contributed by atoms with Gasteiger partial charge in [-0.3, -0.25) is 4.79 Å². The lowest BCUT2D eigenvalue weighted by Gasteiger charge is -2.27. The lowest BCUT2D eigenvalue weighted by atomic mass is 9.91. The molecule has 26 heavy (non-hydrogen) atoms. The third-order valence-corrected chi connectivity index (χ3v) is 4.33. The summed E-state index contributed by atoms with van der Waals surface area (Å²) in [6.07, 6.45) is 4.60. The van der Waals surface area contributed by atoms with Crippen LogP contribution in [0.1, 0.15) is 58.2 Å². The molecule has 0 spiro atoms. The molecule has 0 saturated heterocycles. The molecule has 0 aliphatic rings. The number of hydrogen-bond acceptors (Lipinski definition) is 1. The van der Waals surface area contributed by atoms with Gasteiger partial charge in [0.25, 0.3) is 0 Å². The van der Waals surface area contributed by atoms with E-state index in [0.717, 1.165) is 30.6 Å². The smallest absolute Gasteiger partial charge is 0.223 e. The number of halogens is 1. The highest BCUT2D eigenvalue weighted by molar-refractivity contribution is 5.76. The average molecular weight is 359 g/mol. The number of unbranched alkanes of at least 4 members (excludes halogenated alkanes) is 1. The molecule has 1 heterocycles. The van der Waals surface area contributed by atoms with Gasteiger partial charge in [0.2, 0.25) is 5.91 Å². The van der Waals surface area contributed by atoms with Crippen molar-refractivity contribution in [3.8, 4) is 0 Å². The largest absolute Gasteiger partial charge is 0.345 e. The maximum Gasteiger partial charge on any atom is 0.223 e. The maximum atomic E-state index is 13.4. The fourth-order valence-corrected chi connectivity index (χ4v) is 2.98. The fourth-order valence-electron chi connectivity index (χ4n) is 2.98. The first kappa shape index (κ1) is 20.2. The van der Waals surface area contributed by atoms with Crippen LogP contribution in [0.3, 0.4) is 0 Å². The van der Waals surface area contributed by atoms with Crippen molar-refractivity contribution in [1.82, 2.24) is 9.47 Å². The van der Waals surface area contributed by atoms with Crippen LogP contribution in [-0.2, 0) is 17.9 Å². The standard InChI is InChI=1S/C22H31FN2O/c1-5-6-12-25(21(26)15-22(2,3)4)17-20-11-8-13-24(20)16-18-9-7-10-19(23)14-18/h7-11,13-14H,5-6,12,15-17H2,1-4H3. The average Bonchev–Trinajstić information content (AvgIpc) is 2.96. The van der Waals surface area contributed by atoms with Crippen LogP contribution in [0, 0.1) is 11.2 Å². The molecule has 0 N–H and O–H groups in total. The topological polar surface area (TPSA) is 25.2 Å². The van der Waals surface area contributed by atoms with Crippen LogP contribution < -0.4 is 0 Å². The Hall–Kier alpha value is -2.10. The molecule has 0 atom stereocenters. The molecule has 0 fully saturated rings. The Morgan fingerprint density at radius 3 is 2.62 bits per heavy atom. The van der Waals surface area contributed by atoms with E-state index in [2.05, 4.69) is 32.3 Å². The van der Waals surface area contributed by atoms with Crippen LogP contribution in [0.5, 0.6) is 0 Å². The monoisotopic (exact) mass is 358 g/mol. The Bertz CT molecular complexity index is 715. The lowest BCUT2D eigenvalue weighted by Crippen LogP contribution is -2.34. The van der Waals surface area contributed by atoms with Crippen LogP contribution in [0.4, 0.5) is 4.39 Å². The van der Waals surface area contributed by atoms with Gasteiger partial charge in [0.15, 0.2) is 0 Å². The minimum atomic E-state index is -0.221. The first-order valence-corrected chi connectivity index (χ1v) is 9.45. The summed E-state index contributed by atoms with van der Waals surface area (Å²) in [5, 5.41) is 0. The molecule has 4 heteroatoms. The number of rotatable bonds is 8. The maximum absolute atomic E-state index is 13.4. The molecule has 0 saturated carbocycles. The number of carbonyl (C=O) groups is 1. The molecule has 0 bridgehead atoms. The van der Waals surface area contributed by atoms with Crippen LogP contribution in [0.25, 0.3) is 0 Å². The highest BCUT2D eigenvalue weighted by Crippen LogP contribution is 2.21. The summed E-state index contributed by atoms with van der Waals surface area (Å²) in [5.41, 5.74) is 1.97. The van der Waals surface area contributed by atoms with E-state index >= 15 is 0 Å². The summed E-state index contributed by atoms with van der Waals surface area (Å²) >= 11 is 0. The van der Waals surface area contributed by atoms with E-state index in [4.69, 9.17) is 0 Å². The first-order chi connectivity index (χ1) is 12.3. The number of hydrogen-bond donors (Lipinski definition) is 0. The molecule has 1 amide bonds. The van der Waals surface area contributed by atoms with Gasteiger partial charge in [-0.25, -0.2) is 4.39 Å². The van der Waals surface area contributed by atoms with E-state index < -0.39 is 0 Å². The van der Waals surface area contributed by atoms with Gasteiger partial charge in [-0.2, -0.15) is 0 Å². The molecular formula is C22H31FN2O. The first-order valence-electron chi connectivity index (χ1n) is 9.45. The van der Waals surface area contributed by atoms with Gasteiger partial charge in [0.05, 0.1) is 6.54 Å². The van der Waals surface area contributed by atoms with Crippen molar-refractivity contribution in [1.29, 1.82) is 0 Å². The van der Waals surface area contributed by atoms with E-state index in [-0.39, 0.29) is 17.1 Å². The second kappa shape index (κ2) is 9.02. The molecule has 2 aromatic rings. The molecule has 142 valence electrons. The normalized spacial score (nSPS) is 11.6. The number of nitrogens with zero attached hydrogens (tertiary/aromatic N) is 2. The highest BCUT2D eigenvalue weighted by Gasteiger charge is 2.21. The minimum absolute atomic E-state index is 0.0227. The summed E-state index contributed by atoms with van der Waals surface area (Å²) in [7, 11) is 0. The lowest BCUT2D eigenvalue weighted by molar-refractivity contribution is -0.133. The van der Waals surface area contributed by atoms with Gasteiger partial charge in [-0.15, -0.1) is 0 Å². The third kappa shape index (κ3) is 6.32. The number of amides is 1. The van der Waals surface area contributed by atoms with Crippen molar-refractivity contribution >= 4 is 5.91 Å². The van der Waals surface area contributed by atoms with Gasteiger partial charge < -0.3 is 9.47 Å². The van der Waals surface area contributed by atoms with Crippen LogP contribution >= 0.6 is 0 Å². The number of benzene rings is 1. The van der Waals surface area contributed by atoms with E-state index in [9.17, 15) is 9.18 Å². The number of carbonyl (C=O) groups excluding carboxylic acids is 1. The van der Waals surface area contributed by atoms with Gasteiger partial charge in [0.1, 0.15) is 5.82 Å². The SMILES string of the molecule is CCCCN(Cc1cccn1Cc1cccc(F)c1)C(=O)CC(C)(C)C. The van der Waals surface area contributed by atoms with Crippen molar-refractivity contribution in [3.63, 3.8) is 0 Å².